The van der Waals surface area contributed by atoms with Crippen LogP contribution in [-0.4, -0.2) is 31.0 Å². The molecule has 0 spiro atoms. The van der Waals surface area contributed by atoms with Gasteiger partial charge in [-0.2, -0.15) is 4.98 Å². The molecule has 1 fully saturated rings. The number of nitrogens with zero attached hydrogens (tertiary/aromatic N) is 5. The average molecular weight is 359 g/mol. The van der Waals surface area contributed by atoms with Gasteiger partial charge in [0.05, 0.1) is 11.7 Å². The molecule has 132 valence electrons. The van der Waals surface area contributed by atoms with Crippen molar-refractivity contribution in [3.63, 3.8) is 0 Å². The fourth-order valence-electron chi connectivity index (χ4n) is 3.26. The average Bonchev–Trinajstić information content (AvgIpc) is 3.25. The van der Waals surface area contributed by atoms with Crippen LogP contribution < -0.4 is 5.56 Å². The van der Waals surface area contributed by atoms with Crippen LogP contribution in [0.5, 0.6) is 0 Å². The lowest BCUT2D eigenvalue weighted by atomic mass is 10.2. The van der Waals surface area contributed by atoms with Crippen molar-refractivity contribution in [1.82, 2.24) is 24.4 Å². The van der Waals surface area contributed by atoms with Crippen molar-refractivity contribution in [2.24, 2.45) is 0 Å². The molecule has 3 aromatic rings. The van der Waals surface area contributed by atoms with E-state index in [1.54, 1.807) is 10.5 Å². The third kappa shape index (κ3) is 3.11. The van der Waals surface area contributed by atoms with Gasteiger partial charge < -0.3 is 4.52 Å². The van der Waals surface area contributed by atoms with Crippen LogP contribution in [0, 0.1) is 6.92 Å². The summed E-state index contributed by atoms with van der Waals surface area (Å²) in [5.74, 6) is 1.67. The molecule has 8 heteroatoms. The van der Waals surface area contributed by atoms with Crippen LogP contribution in [0.1, 0.15) is 60.9 Å². The Labute approximate surface area is 149 Å². The molecule has 0 amide bonds. The fourth-order valence-corrected chi connectivity index (χ4v) is 4.11. The van der Waals surface area contributed by atoms with Gasteiger partial charge in [0, 0.05) is 29.6 Å². The third-order valence-electron chi connectivity index (χ3n) is 4.52. The number of thiazole rings is 1. The monoisotopic (exact) mass is 359 g/mol. The summed E-state index contributed by atoms with van der Waals surface area (Å²) in [7, 11) is 0. The number of rotatable bonds is 4. The fraction of sp³-hybridized carbons (Fsp3) is 0.529. The van der Waals surface area contributed by atoms with E-state index >= 15 is 0 Å². The Balaban J connectivity index is 1.59. The molecule has 0 radical (unpaired) electrons. The Morgan fingerprint density at radius 1 is 1.40 bits per heavy atom. The van der Waals surface area contributed by atoms with Crippen LogP contribution in [0.2, 0.25) is 0 Å². The molecule has 0 saturated carbocycles. The van der Waals surface area contributed by atoms with Gasteiger partial charge in [0.15, 0.2) is 10.8 Å². The van der Waals surface area contributed by atoms with Crippen molar-refractivity contribution in [1.29, 1.82) is 0 Å². The Bertz CT molecular complexity index is 958. The quantitative estimate of drug-likeness (QED) is 0.713. The minimum absolute atomic E-state index is 0.0278. The zero-order chi connectivity index (χ0) is 17.6. The lowest BCUT2D eigenvalue weighted by Crippen LogP contribution is -2.25. The first kappa shape index (κ1) is 16.4. The molecular formula is C17H21N5O2S. The van der Waals surface area contributed by atoms with E-state index in [1.807, 2.05) is 13.1 Å². The first-order valence-corrected chi connectivity index (χ1v) is 9.39. The zero-order valence-corrected chi connectivity index (χ0v) is 15.4. The standard InChI is InChI=1S/C17H21N5O2S/c1-10(2)15-19-16(24-20-15)13-5-4-6-21(13)9-12-7-14(23)22-8-11(3)25-17(22)18-12/h7-8,10,13H,4-6,9H2,1-3H3. The minimum Gasteiger partial charge on any atom is -0.338 e. The maximum absolute atomic E-state index is 12.3. The van der Waals surface area contributed by atoms with Crippen LogP contribution in [0.3, 0.4) is 0 Å². The molecule has 4 heterocycles. The van der Waals surface area contributed by atoms with Gasteiger partial charge in [-0.15, -0.1) is 11.3 Å². The third-order valence-corrected chi connectivity index (χ3v) is 5.42. The van der Waals surface area contributed by atoms with Gasteiger partial charge in [-0.1, -0.05) is 19.0 Å². The van der Waals surface area contributed by atoms with Crippen molar-refractivity contribution in [2.75, 3.05) is 6.54 Å². The maximum atomic E-state index is 12.3. The second-order valence-corrected chi connectivity index (χ2v) is 8.07. The van der Waals surface area contributed by atoms with Gasteiger partial charge in [0.25, 0.3) is 5.56 Å². The summed E-state index contributed by atoms with van der Waals surface area (Å²) < 4.78 is 7.10. The summed E-state index contributed by atoms with van der Waals surface area (Å²) in [6.45, 7) is 7.64. The normalized spacial score (nSPS) is 18.6. The van der Waals surface area contributed by atoms with E-state index < -0.39 is 0 Å². The number of likely N-dealkylation sites (tertiary alicyclic amines) is 1. The molecule has 1 atom stereocenters. The topological polar surface area (TPSA) is 76.5 Å². The van der Waals surface area contributed by atoms with Crippen LogP contribution in [-0.2, 0) is 6.54 Å². The van der Waals surface area contributed by atoms with E-state index in [0.717, 1.165) is 40.7 Å². The van der Waals surface area contributed by atoms with Crippen LogP contribution in [0.25, 0.3) is 4.96 Å². The van der Waals surface area contributed by atoms with Crippen molar-refractivity contribution < 1.29 is 4.52 Å². The Morgan fingerprint density at radius 3 is 3.00 bits per heavy atom. The van der Waals surface area contributed by atoms with Crippen molar-refractivity contribution in [3.05, 3.63) is 44.9 Å². The highest BCUT2D eigenvalue weighted by Crippen LogP contribution is 2.32. The number of aryl methyl sites for hydroxylation is 1. The summed E-state index contributed by atoms with van der Waals surface area (Å²) in [5.41, 5.74) is 0.766. The van der Waals surface area contributed by atoms with Crippen molar-refractivity contribution in [3.8, 4) is 0 Å². The molecule has 1 aliphatic rings. The molecule has 25 heavy (non-hydrogen) atoms. The molecule has 0 aliphatic carbocycles. The maximum Gasteiger partial charge on any atom is 0.258 e. The molecule has 4 rings (SSSR count). The van der Waals surface area contributed by atoms with E-state index in [2.05, 4.69) is 33.9 Å². The SMILES string of the molecule is Cc1cn2c(=O)cc(CN3CCCC3c3nc(C(C)C)no3)nc2s1. The molecule has 7 nitrogen and oxygen atoms in total. The predicted octanol–water partition coefficient (Wildman–Crippen LogP) is 2.91. The van der Waals surface area contributed by atoms with Gasteiger partial charge >= 0.3 is 0 Å². The highest BCUT2D eigenvalue weighted by atomic mass is 32.1. The van der Waals surface area contributed by atoms with Crippen LogP contribution in [0.4, 0.5) is 0 Å². The first-order valence-electron chi connectivity index (χ1n) is 8.57. The van der Waals surface area contributed by atoms with Gasteiger partial charge in [-0.05, 0) is 26.3 Å². The molecule has 0 bridgehead atoms. The lowest BCUT2D eigenvalue weighted by molar-refractivity contribution is 0.199. The van der Waals surface area contributed by atoms with Crippen LogP contribution >= 0.6 is 11.3 Å². The minimum atomic E-state index is -0.0278. The number of fused-ring (bicyclic) bond motifs is 1. The highest BCUT2D eigenvalue weighted by Gasteiger charge is 2.31. The van der Waals surface area contributed by atoms with E-state index in [0.29, 0.717) is 12.4 Å². The Hall–Kier alpha value is -2.06. The summed E-state index contributed by atoms with van der Waals surface area (Å²) in [6, 6.07) is 1.73. The largest absolute Gasteiger partial charge is 0.338 e. The molecule has 1 aliphatic heterocycles. The summed E-state index contributed by atoms with van der Waals surface area (Å²) in [6.07, 6.45) is 3.89. The van der Waals surface area contributed by atoms with Crippen molar-refractivity contribution >= 4 is 16.3 Å². The van der Waals surface area contributed by atoms with Gasteiger partial charge in [0.1, 0.15) is 0 Å². The lowest BCUT2D eigenvalue weighted by Gasteiger charge is -2.20. The van der Waals surface area contributed by atoms with E-state index in [4.69, 9.17) is 4.52 Å². The second-order valence-electron chi connectivity index (χ2n) is 6.85. The smallest absolute Gasteiger partial charge is 0.258 e. The summed E-state index contributed by atoms with van der Waals surface area (Å²) in [4.78, 5) is 25.6. The molecule has 0 aromatic carbocycles. The predicted molar refractivity (Wildman–Crippen MR) is 94.8 cm³/mol. The molecule has 1 saturated heterocycles. The van der Waals surface area contributed by atoms with Gasteiger partial charge in [-0.25, -0.2) is 4.98 Å². The van der Waals surface area contributed by atoms with E-state index in [-0.39, 0.29) is 17.5 Å². The number of aromatic nitrogens is 4. The van der Waals surface area contributed by atoms with E-state index in [1.165, 1.54) is 11.3 Å². The molecule has 0 N–H and O–H groups in total. The number of hydrogen-bond acceptors (Lipinski definition) is 7. The molecule has 1 unspecified atom stereocenters. The highest BCUT2D eigenvalue weighted by molar-refractivity contribution is 7.16. The first-order chi connectivity index (χ1) is 12.0. The van der Waals surface area contributed by atoms with Gasteiger partial charge in [0.2, 0.25) is 5.89 Å². The van der Waals surface area contributed by atoms with E-state index in [9.17, 15) is 4.79 Å². The molecule has 3 aromatic heterocycles. The summed E-state index contributed by atoms with van der Waals surface area (Å²) >= 11 is 1.53. The molecular weight excluding hydrogens is 338 g/mol. The number of hydrogen-bond donors (Lipinski definition) is 0. The summed E-state index contributed by atoms with van der Waals surface area (Å²) in [5, 5.41) is 4.08. The van der Waals surface area contributed by atoms with Crippen LogP contribution in [0.15, 0.2) is 21.6 Å². The zero-order valence-electron chi connectivity index (χ0n) is 14.6. The van der Waals surface area contributed by atoms with Gasteiger partial charge in [-0.3, -0.25) is 14.1 Å². The Kier molecular flexibility index (Phi) is 4.16. The second kappa shape index (κ2) is 6.34. The van der Waals surface area contributed by atoms with Crippen molar-refractivity contribution in [2.45, 2.75) is 52.1 Å². The Morgan fingerprint density at radius 2 is 2.24 bits per heavy atom.